The van der Waals surface area contributed by atoms with Gasteiger partial charge in [0, 0.05) is 59.4 Å². The fourth-order valence-corrected chi connectivity index (χ4v) is 10.6. The van der Waals surface area contributed by atoms with Crippen molar-refractivity contribution < 1.29 is 168 Å². The minimum Gasteiger partial charge on any atom is -1.00 e. The van der Waals surface area contributed by atoms with Crippen LogP contribution in [0.4, 0.5) is 23.1 Å². The zero-order chi connectivity index (χ0) is 67.4. The van der Waals surface area contributed by atoms with Gasteiger partial charge in [-0.15, -0.1) is 0 Å². The van der Waals surface area contributed by atoms with E-state index in [0.29, 0.717) is 39.3 Å². The molecule has 7 heterocycles. The maximum Gasteiger partial charge on any atom is 1.00 e. The predicted octanol–water partition coefficient (Wildman–Crippen LogP) is 4.25. The summed E-state index contributed by atoms with van der Waals surface area (Å²) in [4.78, 5) is 51.1. The van der Waals surface area contributed by atoms with Crippen molar-refractivity contribution in [2.45, 2.75) is 19.6 Å². The van der Waals surface area contributed by atoms with Crippen molar-refractivity contribution in [3.8, 4) is 11.5 Å². The molecule has 4 aromatic carbocycles. The van der Waals surface area contributed by atoms with Gasteiger partial charge in [0.1, 0.15) is 51.7 Å². The third kappa shape index (κ3) is 27.4. The van der Waals surface area contributed by atoms with Crippen molar-refractivity contribution in [1.82, 2.24) is 56.0 Å². The maximum atomic E-state index is 12.9. The molecule has 0 saturated heterocycles. The van der Waals surface area contributed by atoms with Gasteiger partial charge in [-0.1, -0.05) is 118 Å². The quantitative estimate of drug-likeness (QED) is 0.0269. The van der Waals surface area contributed by atoms with Crippen molar-refractivity contribution in [2.75, 3.05) is 29.0 Å². The first kappa shape index (κ1) is 87.3. The second kappa shape index (κ2) is 41.1. The Kier molecular flexibility index (Phi) is 37.3. The summed E-state index contributed by atoms with van der Waals surface area (Å²) in [6.07, 6.45) is 4.52. The van der Waals surface area contributed by atoms with E-state index < -0.39 is 39.1 Å². The van der Waals surface area contributed by atoms with Crippen molar-refractivity contribution in [3.63, 3.8) is 0 Å². The second-order valence-corrected chi connectivity index (χ2v) is 27.0. The van der Waals surface area contributed by atoms with Crippen LogP contribution < -0.4 is 144 Å². The largest absolute Gasteiger partial charge is 1.00 e. The number of hydrogen-bond donors (Lipinski definition) is 5. The fourth-order valence-electron chi connectivity index (χ4n) is 6.63. The Morgan fingerprint density at radius 3 is 1.07 bits per heavy atom. The number of carbonyl (C=O) groups is 1. The number of fused-ring (bicyclic) bond motifs is 3. The molecular formula is C53H45Cl8K2N15O14S4. The molecule has 43 heteroatoms. The Bertz CT molecular complexity index is 4740. The number of nitrogens with zero attached hydrogens (tertiary/aromatic N) is 10. The van der Waals surface area contributed by atoms with E-state index in [-0.39, 0.29) is 195 Å². The summed E-state index contributed by atoms with van der Waals surface area (Å²) in [6, 6.07) is 37.5. The van der Waals surface area contributed by atoms with Gasteiger partial charge in [0.15, 0.2) is 32.9 Å². The second-order valence-electron chi connectivity index (χ2n) is 16.9. The normalized spacial score (nSPS) is 10.5. The van der Waals surface area contributed by atoms with E-state index in [1.165, 1.54) is 68.9 Å². The molecule has 96 heavy (non-hydrogen) atoms. The first-order valence-electron chi connectivity index (χ1n) is 24.5. The molecule has 11 aromatic rings. The smallest absolute Gasteiger partial charge is 1.00 e. The van der Waals surface area contributed by atoms with Gasteiger partial charge in [-0.3, -0.25) is 14.2 Å². The summed E-state index contributed by atoms with van der Waals surface area (Å²) >= 11 is 39.6. The number of anilines is 4. The Balaban J connectivity index is 0.000000630. The molecule has 29 nitrogen and oxygen atoms in total. The van der Waals surface area contributed by atoms with Crippen LogP contribution in [0.25, 0.3) is 33.1 Å². The first-order chi connectivity index (χ1) is 43.5. The summed E-state index contributed by atoms with van der Waals surface area (Å²) in [5.41, 5.74) is 4.29. The summed E-state index contributed by atoms with van der Waals surface area (Å²) in [5, 5.41) is 17.6. The minimum atomic E-state index is -4.00. The molecule has 0 atom stereocenters. The number of nitrogens with two attached hydrogens (primary N) is 1. The van der Waals surface area contributed by atoms with Gasteiger partial charge in [-0.25, -0.2) is 88.6 Å². The van der Waals surface area contributed by atoms with Crippen LogP contribution in [0, 0.1) is 0 Å². The molecule has 0 saturated carbocycles. The molecule has 498 valence electrons. The number of halogens is 8. The molecule has 0 amide bonds. The van der Waals surface area contributed by atoms with Gasteiger partial charge >= 0.3 is 103 Å². The standard InChI is InChI=1S/C21H18ClN5O4S.C13H8Cl2N4O2S.C8H4Cl2N2.C5H3Cl2NO2S.C5H5ClN2O2S.CH2O3.2K.H3N.H2O.H/c1-30-14-9-13(10-15(11-14)31-2)24-20-21(26-18-6-4-3-5-17(18)25-20)27-32(28,29)16-7-8-19(22)23-12-16;14-11-6-5-8(7-16-11)22(20,21)19-13-12(15)17-9-3-1-2-4-10(9)18-13;9-7-8(10)12-6-4-2-1-3-5(6)11-7;2*6-5-2-1-4(3-8-5)11(7,9)10;2-1-4-3;;;;;/h3-12H,1-2H3,(H,24,25)(H,26,27);1-7H,(H,18,19);1-4H;1-3H;1-3H,(H2,7,9,10);1,3H;;;1H3;1H2;/q;;;;;;2*+1;;;-1/p-1. The number of benzene rings is 4. The van der Waals surface area contributed by atoms with Gasteiger partial charge < -0.3 is 38.0 Å². The topological polar surface area (TPSA) is 462 Å². The van der Waals surface area contributed by atoms with Gasteiger partial charge in [0.25, 0.3) is 35.6 Å². The van der Waals surface area contributed by atoms with Crippen LogP contribution in [0.1, 0.15) is 1.43 Å². The van der Waals surface area contributed by atoms with E-state index in [1.54, 1.807) is 60.7 Å². The van der Waals surface area contributed by atoms with E-state index in [2.05, 4.69) is 69.5 Å². The fraction of sp³-hybridized carbons (Fsp3) is 0.0377. The number of sulfonamides is 3. The number of primary sulfonamides is 1. The number of para-hydroxylation sites is 6. The minimum absolute atomic E-state index is 0. The number of methoxy groups -OCH3 is 2. The Hall–Kier alpha value is -4.80. The van der Waals surface area contributed by atoms with Crippen molar-refractivity contribution >= 4 is 194 Å². The maximum absolute atomic E-state index is 12.9. The zero-order valence-corrected chi connectivity index (χ0v) is 64.9. The predicted molar refractivity (Wildman–Crippen MR) is 356 cm³/mol. The van der Waals surface area contributed by atoms with Crippen molar-refractivity contribution in [2.24, 2.45) is 5.14 Å². The van der Waals surface area contributed by atoms with Gasteiger partial charge in [-0.2, -0.15) is 0 Å². The third-order valence-electron chi connectivity index (χ3n) is 10.7. The Morgan fingerprint density at radius 2 is 0.760 bits per heavy atom. The Labute approximate surface area is 673 Å². The van der Waals surface area contributed by atoms with Gasteiger partial charge in [-0.05, 0) is 84.9 Å². The SMILES string of the molecule is COc1cc(Nc2nc3ccccc3nc2NS(=O)(=O)c2ccc(Cl)nc2)cc(OC)c1.Clc1nc2ccccc2nc1Cl.N.NS(=O)(=O)c1ccc(Cl)nc1.O.O=CO[O-].O=S(=O)(Cl)c1ccc(Cl)nc1.O=S(=O)(Nc1nc2ccccc2nc1Cl)c1ccc(Cl)nc1.[H-].[K+].[K+]. The zero-order valence-electron chi connectivity index (χ0n) is 50.4. The van der Waals surface area contributed by atoms with E-state index >= 15 is 0 Å². The number of ether oxygens (including phenoxy) is 2. The molecule has 0 aliphatic heterocycles. The van der Waals surface area contributed by atoms with Crippen molar-refractivity contribution in [1.29, 1.82) is 0 Å². The first-order valence-corrected chi connectivity index (χ1v) is 34.0. The van der Waals surface area contributed by atoms with E-state index in [9.17, 15) is 33.7 Å². The van der Waals surface area contributed by atoms with Crippen LogP contribution in [0.5, 0.6) is 11.5 Å². The summed E-state index contributed by atoms with van der Waals surface area (Å²) in [7, 11) is -7.12. The number of hydrogen-bond acceptors (Lipinski definition) is 25. The molecule has 10 N–H and O–H groups in total. The average molecular weight is 1610 g/mol. The number of aromatic nitrogens is 10. The van der Waals surface area contributed by atoms with Crippen LogP contribution in [0.15, 0.2) is 184 Å². The van der Waals surface area contributed by atoms with E-state index in [1.807, 2.05) is 30.3 Å². The van der Waals surface area contributed by atoms with Gasteiger partial charge in [0.2, 0.25) is 10.0 Å². The molecule has 0 fully saturated rings. The number of nitrogens with one attached hydrogen (secondary N) is 3. The summed E-state index contributed by atoms with van der Waals surface area (Å²) in [5.74, 6) is 1.27. The average Bonchev–Trinajstić information content (AvgIpc) is 0.805. The van der Waals surface area contributed by atoms with Crippen LogP contribution in [-0.4, -0.2) is 110 Å². The molecule has 0 spiro atoms. The monoisotopic (exact) mass is 1600 g/mol. The molecular weight excluding hydrogens is 1560 g/mol. The molecule has 0 aliphatic rings. The van der Waals surface area contributed by atoms with E-state index in [4.69, 9.17) is 117 Å². The summed E-state index contributed by atoms with van der Waals surface area (Å²) < 4.78 is 108. The summed E-state index contributed by atoms with van der Waals surface area (Å²) in [6.45, 7) is -0.181. The molecule has 0 unspecified atom stereocenters. The number of carbonyl (C=O) groups excluding carboxylic acids is 1. The molecule has 0 aliphatic carbocycles. The Morgan fingerprint density at radius 1 is 0.458 bits per heavy atom. The molecule has 11 rings (SSSR count). The van der Waals surface area contributed by atoms with Gasteiger partial charge in [0.05, 0.1) is 47.3 Å². The third-order valence-corrected chi connectivity index (χ3v) is 17.4. The van der Waals surface area contributed by atoms with Crippen LogP contribution in [-0.2, 0) is 48.8 Å². The number of pyridine rings is 4. The molecule has 0 bridgehead atoms. The molecule has 0 radical (unpaired) electrons. The molecule has 7 aromatic heterocycles. The van der Waals surface area contributed by atoms with Crippen LogP contribution in [0.3, 0.4) is 0 Å². The van der Waals surface area contributed by atoms with Crippen LogP contribution >= 0.6 is 91.9 Å². The van der Waals surface area contributed by atoms with E-state index in [0.717, 1.165) is 29.6 Å². The number of rotatable bonds is 13. The van der Waals surface area contributed by atoms with Crippen molar-refractivity contribution in [3.05, 3.63) is 200 Å². The van der Waals surface area contributed by atoms with Crippen LogP contribution in [0.2, 0.25) is 36.1 Å².